The maximum atomic E-state index is 13.6. The third-order valence-electron chi connectivity index (χ3n) is 6.02. The molecule has 0 bridgehead atoms. The number of nitrogens with zero attached hydrogens (tertiary/aromatic N) is 2. The molecule has 2 aromatic rings. The zero-order valence-corrected chi connectivity index (χ0v) is 25.1. The molecule has 1 N–H and O–H groups in total. The van der Waals surface area contributed by atoms with E-state index in [0.717, 1.165) is 11.8 Å². The van der Waals surface area contributed by atoms with Crippen LogP contribution in [0.1, 0.15) is 52.5 Å². The molecule has 2 amide bonds. The van der Waals surface area contributed by atoms with Gasteiger partial charge in [-0.15, -0.1) is 0 Å². The molecule has 0 aromatic heterocycles. The second-order valence-corrected chi connectivity index (χ2v) is 13.1. The van der Waals surface area contributed by atoms with E-state index in [1.54, 1.807) is 36.4 Å². The van der Waals surface area contributed by atoms with Crippen LogP contribution in [0.2, 0.25) is 10.0 Å². The molecule has 1 atom stereocenters. The Balaban J connectivity index is 1.80. The van der Waals surface area contributed by atoms with Gasteiger partial charge in [-0.3, -0.25) is 13.9 Å². The minimum absolute atomic E-state index is 0.0250. The van der Waals surface area contributed by atoms with Gasteiger partial charge in [0.25, 0.3) is 0 Å². The minimum atomic E-state index is -3.64. The van der Waals surface area contributed by atoms with Crippen LogP contribution in [0.4, 0.5) is 5.69 Å². The van der Waals surface area contributed by atoms with Crippen LogP contribution in [0.15, 0.2) is 36.4 Å². The lowest BCUT2D eigenvalue weighted by Crippen LogP contribution is -2.53. The van der Waals surface area contributed by atoms with E-state index in [9.17, 15) is 18.0 Å². The van der Waals surface area contributed by atoms with Crippen molar-refractivity contribution in [3.05, 3.63) is 52.0 Å². The number of amides is 2. The van der Waals surface area contributed by atoms with Crippen molar-refractivity contribution in [2.45, 2.75) is 65.1 Å². The van der Waals surface area contributed by atoms with Gasteiger partial charge in [-0.05, 0) is 63.4 Å². The number of nitrogens with one attached hydrogen (secondary N) is 1. The number of benzene rings is 2. The lowest BCUT2D eigenvalue weighted by atomic mass is 10.0. The molecule has 1 aliphatic rings. The second-order valence-electron chi connectivity index (χ2n) is 10.4. The third-order valence-corrected chi connectivity index (χ3v) is 7.95. The highest BCUT2D eigenvalue weighted by molar-refractivity contribution is 7.92. The maximum absolute atomic E-state index is 13.6. The van der Waals surface area contributed by atoms with Crippen molar-refractivity contribution in [2.75, 3.05) is 23.9 Å². The van der Waals surface area contributed by atoms with Crippen LogP contribution in [-0.4, -0.2) is 56.3 Å². The number of hydrogen-bond acceptors (Lipinski definition) is 6. The van der Waals surface area contributed by atoms with Crippen LogP contribution in [0.25, 0.3) is 0 Å². The first-order valence-electron chi connectivity index (χ1n) is 12.6. The topological polar surface area (TPSA) is 105 Å². The average Bonchev–Trinajstić information content (AvgIpc) is 3.30. The van der Waals surface area contributed by atoms with Crippen molar-refractivity contribution in [1.29, 1.82) is 0 Å². The smallest absolute Gasteiger partial charge is 0.243 e. The van der Waals surface area contributed by atoms with E-state index in [1.807, 2.05) is 27.7 Å². The van der Waals surface area contributed by atoms with Gasteiger partial charge < -0.3 is 19.7 Å². The Hall–Kier alpha value is -2.69. The molecule has 2 aromatic carbocycles. The summed E-state index contributed by atoms with van der Waals surface area (Å²) in [6.45, 7) is 7.74. The van der Waals surface area contributed by atoms with Crippen LogP contribution in [0, 0.1) is 0 Å². The molecule has 39 heavy (non-hydrogen) atoms. The number of halogens is 2. The number of anilines is 1. The number of ether oxygens (including phenoxy) is 2. The Bertz CT molecular complexity index is 1310. The third kappa shape index (κ3) is 8.40. The van der Waals surface area contributed by atoms with Crippen LogP contribution in [-0.2, 0) is 26.2 Å². The van der Waals surface area contributed by atoms with Crippen LogP contribution in [0.5, 0.6) is 11.5 Å². The summed E-state index contributed by atoms with van der Waals surface area (Å²) in [6, 6.07) is 9.23. The fourth-order valence-corrected chi connectivity index (χ4v) is 5.53. The molecule has 0 saturated carbocycles. The van der Waals surface area contributed by atoms with E-state index in [-0.39, 0.29) is 44.5 Å². The standard InChI is InChI=1S/C27H35Cl2N3O6S/c1-6-22(26(34)30-27(2,3)4)31(16-18-9-11-20(28)21(29)14-18)25(33)8-7-13-32(39(5,35)36)19-10-12-23-24(15-19)38-17-37-23/h9-12,14-15,22H,6-8,13,16-17H2,1-5H3,(H,30,34)/t22-/m1/s1. The Morgan fingerprint density at radius 1 is 1.05 bits per heavy atom. The van der Waals surface area contributed by atoms with Gasteiger partial charge in [0.1, 0.15) is 6.04 Å². The van der Waals surface area contributed by atoms with Gasteiger partial charge in [0.2, 0.25) is 28.6 Å². The van der Waals surface area contributed by atoms with Crippen molar-refractivity contribution in [1.82, 2.24) is 10.2 Å². The first-order chi connectivity index (χ1) is 18.2. The van der Waals surface area contributed by atoms with Crippen LogP contribution < -0.4 is 19.1 Å². The van der Waals surface area contributed by atoms with E-state index in [2.05, 4.69) is 5.32 Å². The number of carbonyl (C=O) groups is 2. The molecule has 0 unspecified atom stereocenters. The van der Waals surface area contributed by atoms with Gasteiger partial charge in [0, 0.05) is 31.1 Å². The molecule has 3 rings (SSSR count). The lowest BCUT2D eigenvalue weighted by Gasteiger charge is -2.33. The van der Waals surface area contributed by atoms with Crippen molar-refractivity contribution in [3.8, 4) is 11.5 Å². The van der Waals surface area contributed by atoms with Gasteiger partial charge in [0.15, 0.2) is 11.5 Å². The summed E-state index contributed by atoms with van der Waals surface area (Å²) in [5.74, 6) is 0.452. The predicted molar refractivity (Wildman–Crippen MR) is 153 cm³/mol. The number of carbonyl (C=O) groups excluding carboxylic acids is 2. The van der Waals surface area contributed by atoms with Crippen LogP contribution in [0.3, 0.4) is 0 Å². The van der Waals surface area contributed by atoms with Crippen LogP contribution >= 0.6 is 23.2 Å². The lowest BCUT2D eigenvalue weighted by molar-refractivity contribution is -0.142. The summed E-state index contributed by atoms with van der Waals surface area (Å²) in [5, 5.41) is 3.70. The van der Waals surface area contributed by atoms with Crippen molar-refractivity contribution in [2.24, 2.45) is 0 Å². The molecule has 0 aliphatic carbocycles. The molecule has 9 nitrogen and oxygen atoms in total. The van der Waals surface area contributed by atoms with Gasteiger partial charge in [-0.2, -0.15) is 0 Å². The number of rotatable bonds is 11. The number of sulfonamides is 1. The van der Waals surface area contributed by atoms with Gasteiger partial charge in [-0.25, -0.2) is 8.42 Å². The first kappa shape index (κ1) is 30.8. The predicted octanol–water partition coefficient (Wildman–Crippen LogP) is 4.99. The van der Waals surface area contributed by atoms with E-state index >= 15 is 0 Å². The molecule has 0 spiro atoms. The molecule has 214 valence electrons. The molecule has 1 heterocycles. The van der Waals surface area contributed by atoms with E-state index in [1.165, 1.54) is 9.21 Å². The molecule has 0 radical (unpaired) electrons. The van der Waals surface area contributed by atoms with Crippen molar-refractivity contribution >= 4 is 50.7 Å². The highest BCUT2D eigenvalue weighted by Crippen LogP contribution is 2.36. The normalized spacial score (nSPS) is 13.6. The Morgan fingerprint density at radius 2 is 1.74 bits per heavy atom. The van der Waals surface area contributed by atoms with Gasteiger partial charge >= 0.3 is 0 Å². The zero-order chi connectivity index (χ0) is 29.0. The van der Waals surface area contributed by atoms with E-state index in [4.69, 9.17) is 32.7 Å². The summed E-state index contributed by atoms with van der Waals surface area (Å²) < 4.78 is 37.1. The Labute approximate surface area is 240 Å². The van der Waals surface area contributed by atoms with Crippen molar-refractivity contribution < 1.29 is 27.5 Å². The van der Waals surface area contributed by atoms with E-state index in [0.29, 0.717) is 33.7 Å². The summed E-state index contributed by atoms with van der Waals surface area (Å²) in [7, 11) is -3.64. The maximum Gasteiger partial charge on any atom is 0.243 e. The molecule has 0 saturated heterocycles. The highest BCUT2D eigenvalue weighted by Gasteiger charge is 2.31. The Morgan fingerprint density at radius 3 is 2.36 bits per heavy atom. The SMILES string of the molecule is CC[C@H](C(=O)NC(C)(C)C)N(Cc1ccc(Cl)c(Cl)c1)C(=O)CCCN(c1ccc2c(c1)OCO2)S(C)(=O)=O. The minimum Gasteiger partial charge on any atom is -0.454 e. The molecular weight excluding hydrogens is 565 g/mol. The number of fused-ring (bicyclic) bond motifs is 1. The fraction of sp³-hybridized carbons (Fsp3) is 0.481. The quantitative estimate of drug-likeness (QED) is 0.390. The molecule has 1 aliphatic heterocycles. The monoisotopic (exact) mass is 599 g/mol. The summed E-state index contributed by atoms with van der Waals surface area (Å²) in [5.41, 5.74) is 0.652. The number of hydrogen-bond donors (Lipinski definition) is 1. The molecule has 0 fully saturated rings. The first-order valence-corrected chi connectivity index (χ1v) is 15.2. The fourth-order valence-electron chi connectivity index (χ4n) is 4.25. The highest BCUT2D eigenvalue weighted by atomic mass is 35.5. The largest absolute Gasteiger partial charge is 0.454 e. The molecule has 12 heteroatoms. The summed E-state index contributed by atoms with van der Waals surface area (Å²) in [4.78, 5) is 28.3. The zero-order valence-electron chi connectivity index (χ0n) is 22.8. The Kier molecular flexibility index (Phi) is 10.0. The average molecular weight is 601 g/mol. The second kappa shape index (κ2) is 12.7. The summed E-state index contributed by atoms with van der Waals surface area (Å²) >= 11 is 12.3. The molecular formula is C27H35Cl2N3O6S. The van der Waals surface area contributed by atoms with E-state index < -0.39 is 21.6 Å². The summed E-state index contributed by atoms with van der Waals surface area (Å²) in [6.07, 6.45) is 1.76. The van der Waals surface area contributed by atoms with Gasteiger partial charge in [0.05, 0.1) is 22.0 Å². The van der Waals surface area contributed by atoms with Crippen molar-refractivity contribution in [3.63, 3.8) is 0 Å². The van der Waals surface area contributed by atoms with Gasteiger partial charge in [-0.1, -0.05) is 36.2 Å².